The fourth-order valence-electron chi connectivity index (χ4n) is 2.00. The molecule has 0 aliphatic rings. The van der Waals surface area contributed by atoms with E-state index in [0.717, 1.165) is 11.1 Å². The van der Waals surface area contributed by atoms with Gasteiger partial charge in [-0.05, 0) is 40.5 Å². The van der Waals surface area contributed by atoms with Crippen molar-refractivity contribution in [2.24, 2.45) is 0 Å². The average Bonchev–Trinajstić information content (AvgIpc) is 2.49. The lowest BCUT2D eigenvalue weighted by molar-refractivity contribution is 1.58. The molecular weight excluding hydrogens is 216 g/mol. The van der Waals surface area contributed by atoms with E-state index < -0.39 is 0 Å². The number of hydrogen-bond acceptors (Lipinski definition) is 0. The van der Waals surface area contributed by atoms with Gasteiger partial charge in [0.25, 0.3) is 0 Å². The molecule has 0 nitrogen and oxygen atoms in total. The summed E-state index contributed by atoms with van der Waals surface area (Å²) in [7, 11) is 0. The van der Waals surface area contributed by atoms with Gasteiger partial charge in [0.2, 0.25) is 0 Å². The van der Waals surface area contributed by atoms with Gasteiger partial charge in [0.05, 0.1) is 0 Å². The molecule has 0 atom stereocenters. The van der Waals surface area contributed by atoms with Gasteiger partial charge in [-0.25, -0.2) is 0 Å². The maximum Gasteiger partial charge on any atom is -0.00262 e. The van der Waals surface area contributed by atoms with Gasteiger partial charge in [-0.3, -0.25) is 0 Å². The third-order valence-electron chi connectivity index (χ3n) is 2.91. The Hall–Kier alpha value is -2.34. The molecule has 0 unspecified atom stereocenters. The Kier molecular flexibility index (Phi) is 2.93. The first-order valence-corrected chi connectivity index (χ1v) is 5.98. The van der Waals surface area contributed by atoms with Crippen molar-refractivity contribution in [2.45, 2.75) is 0 Å². The number of benzene rings is 3. The highest BCUT2D eigenvalue weighted by Crippen LogP contribution is 2.25. The molecule has 0 saturated carbocycles. The molecule has 2 radical (unpaired) electrons. The molecule has 18 heavy (non-hydrogen) atoms. The van der Waals surface area contributed by atoms with Crippen LogP contribution in [0.3, 0.4) is 0 Å². The summed E-state index contributed by atoms with van der Waals surface area (Å²) in [4.78, 5) is 0. The summed E-state index contributed by atoms with van der Waals surface area (Å²) in [5, 5.41) is 0. The van der Waals surface area contributed by atoms with Crippen molar-refractivity contribution in [3.63, 3.8) is 0 Å². The smallest absolute Gasteiger partial charge is 0.00262 e. The molecule has 0 amide bonds. The van der Waals surface area contributed by atoms with E-state index in [0.29, 0.717) is 0 Å². The lowest BCUT2D eigenvalue weighted by Gasteiger charge is -2.05. The molecule has 0 aliphatic carbocycles. The minimum atomic E-state index is 1.01. The Labute approximate surface area is 108 Å². The van der Waals surface area contributed by atoms with Gasteiger partial charge in [-0.15, -0.1) is 0 Å². The van der Waals surface area contributed by atoms with Crippen molar-refractivity contribution in [2.75, 3.05) is 0 Å². The van der Waals surface area contributed by atoms with Gasteiger partial charge in [0, 0.05) is 0 Å². The summed E-state index contributed by atoms with van der Waals surface area (Å²) in [5.74, 6) is 0. The van der Waals surface area contributed by atoms with Crippen molar-refractivity contribution in [1.82, 2.24) is 0 Å². The molecular formula is C18H12. The average molecular weight is 228 g/mol. The highest BCUT2D eigenvalue weighted by atomic mass is 14.0. The first-order valence-electron chi connectivity index (χ1n) is 5.98. The first kappa shape index (κ1) is 10.8. The Balaban J connectivity index is 2.05. The Bertz CT molecular complexity index is 570. The van der Waals surface area contributed by atoms with Crippen molar-refractivity contribution in [1.29, 1.82) is 0 Å². The van der Waals surface area contributed by atoms with Crippen LogP contribution < -0.4 is 0 Å². The van der Waals surface area contributed by atoms with E-state index >= 15 is 0 Å². The second kappa shape index (κ2) is 4.89. The van der Waals surface area contributed by atoms with Crippen LogP contribution in [0.15, 0.2) is 72.8 Å². The van der Waals surface area contributed by atoms with Gasteiger partial charge in [0.15, 0.2) is 0 Å². The zero-order valence-electron chi connectivity index (χ0n) is 9.93. The summed E-state index contributed by atoms with van der Waals surface area (Å²) in [5.41, 5.74) is 4.61. The summed E-state index contributed by atoms with van der Waals surface area (Å²) in [6, 6.07) is 31.1. The van der Waals surface area contributed by atoms with Crippen LogP contribution in [0.25, 0.3) is 22.3 Å². The lowest BCUT2D eigenvalue weighted by atomic mass is 9.99. The van der Waals surface area contributed by atoms with Crippen LogP contribution >= 0.6 is 0 Å². The zero-order chi connectivity index (χ0) is 12.2. The van der Waals surface area contributed by atoms with Crippen LogP contribution in [0.1, 0.15) is 0 Å². The summed E-state index contributed by atoms with van der Waals surface area (Å²) in [6.07, 6.45) is 0. The molecule has 0 aliphatic heterocycles. The van der Waals surface area contributed by atoms with E-state index in [1.807, 2.05) is 24.3 Å². The topological polar surface area (TPSA) is 0 Å². The lowest BCUT2D eigenvalue weighted by Crippen LogP contribution is -1.81. The second-order valence-electron chi connectivity index (χ2n) is 4.14. The third kappa shape index (κ3) is 2.18. The molecule has 3 aromatic carbocycles. The molecule has 3 aromatic rings. The third-order valence-corrected chi connectivity index (χ3v) is 2.91. The van der Waals surface area contributed by atoms with E-state index in [4.69, 9.17) is 0 Å². The monoisotopic (exact) mass is 228 g/mol. The standard InChI is InChI=1S/C18H12/c1-3-8-15(9-4-1)17-12-7-13-18(14-17)16-10-5-2-6-11-16/h1-9,12-14H. The number of hydrogen-bond donors (Lipinski definition) is 0. The molecule has 0 N–H and O–H groups in total. The predicted molar refractivity (Wildman–Crippen MR) is 75.0 cm³/mol. The SMILES string of the molecule is [c]1ccc[c]c1-c1cccc(-c2ccccc2)c1. The van der Waals surface area contributed by atoms with E-state index in [1.54, 1.807) is 0 Å². The van der Waals surface area contributed by atoms with Gasteiger partial charge < -0.3 is 0 Å². The minimum Gasteiger partial charge on any atom is -0.0622 e. The van der Waals surface area contributed by atoms with E-state index in [2.05, 4.69) is 60.7 Å². The van der Waals surface area contributed by atoms with E-state index in [-0.39, 0.29) is 0 Å². The second-order valence-corrected chi connectivity index (χ2v) is 4.14. The summed E-state index contributed by atoms with van der Waals surface area (Å²) in [6.45, 7) is 0. The molecule has 3 rings (SSSR count). The zero-order valence-corrected chi connectivity index (χ0v) is 9.93. The fraction of sp³-hybridized carbons (Fsp3) is 0. The van der Waals surface area contributed by atoms with Crippen LogP contribution in [0.2, 0.25) is 0 Å². The predicted octanol–water partition coefficient (Wildman–Crippen LogP) is 4.62. The van der Waals surface area contributed by atoms with Crippen molar-refractivity contribution in [3.8, 4) is 22.3 Å². The first-order chi connectivity index (χ1) is 8.93. The van der Waals surface area contributed by atoms with Crippen molar-refractivity contribution < 1.29 is 0 Å². The van der Waals surface area contributed by atoms with Crippen molar-refractivity contribution >= 4 is 0 Å². The van der Waals surface area contributed by atoms with Crippen LogP contribution in [0.5, 0.6) is 0 Å². The highest BCUT2D eigenvalue weighted by Gasteiger charge is 2.00. The van der Waals surface area contributed by atoms with Gasteiger partial charge in [-0.1, -0.05) is 66.7 Å². The summed E-state index contributed by atoms with van der Waals surface area (Å²) < 4.78 is 0. The van der Waals surface area contributed by atoms with Crippen LogP contribution in [0, 0.1) is 12.1 Å². The Morgan fingerprint density at radius 2 is 1.22 bits per heavy atom. The molecule has 84 valence electrons. The van der Waals surface area contributed by atoms with Crippen LogP contribution in [-0.4, -0.2) is 0 Å². The quantitative estimate of drug-likeness (QED) is 0.600. The minimum absolute atomic E-state index is 1.01. The Morgan fingerprint density at radius 3 is 2.00 bits per heavy atom. The molecule has 0 heteroatoms. The van der Waals surface area contributed by atoms with Crippen molar-refractivity contribution in [3.05, 3.63) is 84.9 Å². The molecule has 0 bridgehead atoms. The van der Waals surface area contributed by atoms with Gasteiger partial charge in [-0.2, -0.15) is 0 Å². The Morgan fingerprint density at radius 1 is 0.556 bits per heavy atom. The maximum absolute atomic E-state index is 3.21. The maximum atomic E-state index is 3.21. The fourth-order valence-corrected chi connectivity index (χ4v) is 2.00. The van der Waals surface area contributed by atoms with Crippen LogP contribution in [-0.2, 0) is 0 Å². The van der Waals surface area contributed by atoms with Gasteiger partial charge in [0.1, 0.15) is 0 Å². The molecule has 0 aromatic heterocycles. The molecule has 0 spiro atoms. The normalized spacial score (nSPS) is 10.2. The van der Waals surface area contributed by atoms with E-state index in [9.17, 15) is 0 Å². The number of rotatable bonds is 2. The highest BCUT2D eigenvalue weighted by molar-refractivity contribution is 5.72. The van der Waals surface area contributed by atoms with Gasteiger partial charge >= 0.3 is 0 Å². The largest absolute Gasteiger partial charge is 0.0622 e. The molecule has 0 heterocycles. The summed E-state index contributed by atoms with van der Waals surface area (Å²) >= 11 is 0. The van der Waals surface area contributed by atoms with E-state index in [1.165, 1.54) is 11.1 Å². The molecule has 0 fully saturated rings. The van der Waals surface area contributed by atoms with Crippen LogP contribution in [0.4, 0.5) is 0 Å². The molecule has 0 saturated heterocycles.